The van der Waals surface area contributed by atoms with Crippen LogP contribution in [0.3, 0.4) is 0 Å². The van der Waals surface area contributed by atoms with Crippen molar-refractivity contribution < 1.29 is 0 Å². The molecule has 0 aromatic heterocycles. The fourth-order valence-electron chi connectivity index (χ4n) is 2.60. The third kappa shape index (κ3) is 6.70. The largest absolute Gasteiger partial charge is 0.374 e. The van der Waals surface area contributed by atoms with E-state index >= 15 is 0 Å². The lowest BCUT2D eigenvalue weighted by Gasteiger charge is -2.36. The molecule has 1 nitrogen and oxygen atoms in total. The highest BCUT2D eigenvalue weighted by Gasteiger charge is 2.30. The lowest BCUT2D eigenvalue weighted by Crippen LogP contribution is -2.23. The summed E-state index contributed by atoms with van der Waals surface area (Å²) < 4.78 is 0.851. The van der Waals surface area contributed by atoms with E-state index in [9.17, 15) is 0 Å². The predicted octanol–water partition coefficient (Wildman–Crippen LogP) is 5.99. The first-order valence-electron chi connectivity index (χ1n) is 7.96. The maximum Gasteiger partial charge on any atom is 0.133 e. The summed E-state index contributed by atoms with van der Waals surface area (Å²) in [5, 5.41) is 3.00. The second-order valence-corrected chi connectivity index (χ2v) is 9.90. The molecule has 3 heteroatoms. The zero-order valence-corrected chi connectivity index (χ0v) is 16.8. The molecule has 0 heterocycles. The van der Waals surface area contributed by atoms with Gasteiger partial charge >= 0.3 is 0 Å². The van der Waals surface area contributed by atoms with E-state index in [2.05, 4.69) is 71.1 Å². The molecule has 124 valence electrons. The van der Waals surface area contributed by atoms with E-state index in [4.69, 9.17) is 12.2 Å². The van der Waals surface area contributed by atoms with Crippen LogP contribution in [0.1, 0.15) is 65.0 Å². The zero-order valence-electron chi connectivity index (χ0n) is 15.1. The molecular weight excluding hydrogens is 306 g/mol. The van der Waals surface area contributed by atoms with E-state index in [-0.39, 0.29) is 5.41 Å². The Morgan fingerprint density at radius 2 is 1.64 bits per heavy atom. The van der Waals surface area contributed by atoms with Crippen LogP contribution in [0.4, 0.5) is 0 Å². The van der Waals surface area contributed by atoms with Crippen LogP contribution in [-0.2, 0) is 5.75 Å². The Labute approximate surface area is 146 Å². The molecule has 0 radical (unpaired) electrons. The molecule has 1 aromatic rings. The van der Waals surface area contributed by atoms with Crippen molar-refractivity contribution in [2.75, 3.05) is 7.05 Å². The van der Waals surface area contributed by atoms with Crippen LogP contribution in [0.5, 0.6) is 0 Å². The van der Waals surface area contributed by atoms with Gasteiger partial charge in [-0.25, -0.2) is 0 Å². The van der Waals surface area contributed by atoms with Crippen LogP contribution >= 0.6 is 24.0 Å². The Morgan fingerprint density at radius 1 is 1.09 bits per heavy atom. The van der Waals surface area contributed by atoms with Gasteiger partial charge in [0.05, 0.1) is 0 Å². The number of benzene rings is 1. The number of nitrogens with one attached hydrogen (secondary N) is 1. The average Bonchev–Trinajstić information content (AvgIpc) is 2.41. The van der Waals surface area contributed by atoms with Crippen LogP contribution < -0.4 is 5.32 Å². The summed E-state index contributed by atoms with van der Waals surface area (Å²) in [4.78, 5) is 0. The van der Waals surface area contributed by atoms with Crippen molar-refractivity contribution in [3.05, 3.63) is 35.4 Å². The van der Waals surface area contributed by atoms with Gasteiger partial charge in [0.25, 0.3) is 0 Å². The minimum Gasteiger partial charge on any atom is -0.374 e. The molecule has 1 rings (SSSR count). The lowest BCUT2D eigenvalue weighted by molar-refractivity contribution is 0.229. The fraction of sp³-hybridized carbons (Fsp3) is 0.632. The minimum atomic E-state index is 0.275. The number of thiocarbonyl (C=S) groups is 1. The molecular formula is C19H31NS2. The predicted molar refractivity (Wildman–Crippen MR) is 106 cm³/mol. The van der Waals surface area contributed by atoms with Crippen molar-refractivity contribution in [2.24, 2.45) is 10.8 Å². The third-order valence-corrected chi connectivity index (χ3v) is 5.32. The van der Waals surface area contributed by atoms with Gasteiger partial charge in [-0.05, 0) is 34.3 Å². The Kier molecular flexibility index (Phi) is 6.94. The van der Waals surface area contributed by atoms with Gasteiger partial charge in [0.1, 0.15) is 4.32 Å². The van der Waals surface area contributed by atoms with E-state index in [0.717, 1.165) is 10.1 Å². The molecule has 1 atom stereocenters. The van der Waals surface area contributed by atoms with Crippen molar-refractivity contribution in [3.8, 4) is 0 Å². The minimum absolute atomic E-state index is 0.275. The maximum absolute atomic E-state index is 5.18. The van der Waals surface area contributed by atoms with Gasteiger partial charge in [0.2, 0.25) is 0 Å². The second-order valence-electron chi connectivity index (χ2n) is 8.25. The van der Waals surface area contributed by atoms with Crippen molar-refractivity contribution in [1.82, 2.24) is 5.32 Å². The molecule has 0 saturated carbocycles. The number of hydrogen-bond donors (Lipinski definition) is 1. The van der Waals surface area contributed by atoms with Gasteiger partial charge < -0.3 is 5.32 Å². The summed E-state index contributed by atoms with van der Waals surface area (Å²) in [5.41, 5.74) is 3.39. The summed E-state index contributed by atoms with van der Waals surface area (Å²) in [6.45, 7) is 14.0. The summed E-state index contributed by atoms with van der Waals surface area (Å²) in [6, 6.07) is 9.12. The summed E-state index contributed by atoms with van der Waals surface area (Å²) in [6.07, 6.45) is 1.20. The van der Waals surface area contributed by atoms with Crippen molar-refractivity contribution in [2.45, 2.75) is 59.6 Å². The maximum atomic E-state index is 5.18. The molecule has 0 bridgehead atoms. The first-order chi connectivity index (χ1) is 10.0. The van der Waals surface area contributed by atoms with E-state index < -0.39 is 0 Å². The van der Waals surface area contributed by atoms with Crippen LogP contribution in [0.2, 0.25) is 0 Å². The number of rotatable bonds is 4. The Bertz CT molecular complexity index is 478. The summed E-state index contributed by atoms with van der Waals surface area (Å²) in [7, 11) is 1.87. The fourth-order valence-corrected chi connectivity index (χ4v) is 3.41. The SMILES string of the molecule is CNC(=S)SCc1ccc(C(CC(C)(C)C)C(C)(C)C)cc1. The number of thioether (sulfide) groups is 1. The monoisotopic (exact) mass is 337 g/mol. The molecule has 0 amide bonds. The quantitative estimate of drug-likeness (QED) is 0.678. The Morgan fingerprint density at radius 3 is 2.05 bits per heavy atom. The normalized spacial score (nSPS) is 13.8. The highest BCUT2D eigenvalue weighted by Crippen LogP contribution is 2.43. The van der Waals surface area contributed by atoms with Crippen LogP contribution in [-0.4, -0.2) is 11.4 Å². The molecule has 22 heavy (non-hydrogen) atoms. The van der Waals surface area contributed by atoms with Crippen LogP contribution in [0.25, 0.3) is 0 Å². The molecule has 1 unspecified atom stereocenters. The van der Waals surface area contributed by atoms with Crippen molar-refractivity contribution in [1.29, 1.82) is 0 Å². The zero-order chi connectivity index (χ0) is 17.0. The molecule has 1 aromatic carbocycles. The first kappa shape index (κ1) is 19.5. The highest BCUT2D eigenvalue weighted by molar-refractivity contribution is 8.22. The third-order valence-electron chi connectivity index (χ3n) is 3.82. The van der Waals surface area contributed by atoms with Gasteiger partial charge in [0, 0.05) is 12.8 Å². The van der Waals surface area contributed by atoms with Gasteiger partial charge in [0.15, 0.2) is 0 Å². The van der Waals surface area contributed by atoms with E-state index in [1.54, 1.807) is 11.8 Å². The van der Waals surface area contributed by atoms with E-state index in [1.807, 2.05) is 7.05 Å². The van der Waals surface area contributed by atoms with Gasteiger partial charge in [-0.3, -0.25) is 0 Å². The Balaban J connectivity index is 2.87. The molecule has 0 aliphatic heterocycles. The van der Waals surface area contributed by atoms with E-state index in [1.165, 1.54) is 17.5 Å². The van der Waals surface area contributed by atoms with Gasteiger partial charge in [-0.2, -0.15) is 0 Å². The van der Waals surface area contributed by atoms with E-state index in [0.29, 0.717) is 11.3 Å². The molecule has 0 fully saturated rings. The topological polar surface area (TPSA) is 12.0 Å². The second kappa shape index (κ2) is 7.83. The van der Waals surface area contributed by atoms with Crippen molar-refractivity contribution >= 4 is 28.3 Å². The molecule has 1 N–H and O–H groups in total. The summed E-state index contributed by atoms with van der Waals surface area (Å²) in [5.74, 6) is 1.51. The highest BCUT2D eigenvalue weighted by atomic mass is 32.2. The molecule has 0 aliphatic carbocycles. The van der Waals surface area contributed by atoms with Crippen molar-refractivity contribution in [3.63, 3.8) is 0 Å². The molecule has 0 spiro atoms. The van der Waals surface area contributed by atoms with Gasteiger partial charge in [-0.1, -0.05) is 89.8 Å². The molecule has 0 saturated heterocycles. The first-order valence-corrected chi connectivity index (χ1v) is 9.35. The summed E-state index contributed by atoms with van der Waals surface area (Å²) >= 11 is 6.86. The Hall–Kier alpha value is -0.540. The standard InChI is InChI=1S/C19H31NS2/c1-18(2,3)12-16(19(4,5)6)15-10-8-14(9-11-15)13-22-17(21)20-7/h8-11,16H,12-13H2,1-7H3,(H,20,21). The lowest BCUT2D eigenvalue weighted by atomic mass is 9.69. The van der Waals surface area contributed by atoms with Crippen LogP contribution in [0, 0.1) is 10.8 Å². The van der Waals surface area contributed by atoms with Crippen LogP contribution in [0.15, 0.2) is 24.3 Å². The van der Waals surface area contributed by atoms with Gasteiger partial charge in [-0.15, -0.1) is 0 Å². The molecule has 0 aliphatic rings. The smallest absolute Gasteiger partial charge is 0.133 e. The number of hydrogen-bond acceptors (Lipinski definition) is 2. The average molecular weight is 338 g/mol.